The molecule has 5 N–H and O–H groups in total. The quantitative estimate of drug-likeness (QED) is 0.430. The summed E-state index contributed by atoms with van der Waals surface area (Å²) in [6, 6.07) is 14.9. The van der Waals surface area contributed by atoms with E-state index in [0.29, 0.717) is 27.6 Å². The maximum atomic E-state index is 12.3. The molecule has 0 unspecified atom stereocenters. The smallest absolute Gasteiger partial charge is 0.343 e. The van der Waals surface area contributed by atoms with Gasteiger partial charge in [-0.2, -0.15) is 4.98 Å². The van der Waals surface area contributed by atoms with Crippen LogP contribution >= 0.6 is 0 Å². The molecule has 0 aliphatic heterocycles. The second-order valence-electron chi connectivity index (χ2n) is 7.19. The Labute approximate surface area is 184 Å². The van der Waals surface area contributed by atoms with E-state index in [1.165, 1.54) is 14.2 Å². The molecule has 3 aromatic carbocycles. The minimum Gasteiger partial charge on any atom is -0.495 e. The highest BCUT2D eigenvalue weighted by atomic mass is 16.5. The molecule has 4 rings (SSSR count). The van der Waals surface area contributed by atoms with E-state index in [1.54, 1.807) is 6.07 Å². The summed E-state index contributed by atoms with van der Waals surface area (Å²) >= 11 is 0. The third-order valence-electron chi connectivity index (χ3n) is 5.37. The maximum Gasteiger partial charge on any atom is 0.343 e. The van der Waals surface area contributed by atoms with Gasteiger partial charge in [-0.15, -0.1) is 0 Å². The molecular formula is C24H22N4O4. The van der Waals surface area contributed by atoms with Crippen molar-refractivity contribution in [3.8, 4) is 33.8 Å². The van der Waals surface area contributed by atoms with Gasteiger partial charge in [0.05, 0.1) is 19.7 Å². The van der Waals surface area contributed by atoms with Crippen LogP contribution in [-0.2, 0) is 0 Å². The lowest BCUT2D eigenvalue weighted by atomic mass is 9.87. The molecular weight excluding hydrogens is 408 g/mol. The Morgan fingerprint density at radius 1 is 0.906 bits per heavy atom. The second kappa shape index (κ2) is 8.07. The van der Waals surface area contributed by atoms with Crippen molar-refractivity contribution in [2.45, 2.75) is 6.92 Å². The van der Waals surface area contributed by atoms with Crippen molar-refractivity contribution in [3.05, 3.63) is 59.7 Å². The molecule has 32 heavy (non-hydrogen) atoms. The molecule has 4 aromatic rings. The van der Waals surface area contributed by atoms with Crippen molar-refractivity contribution < 1.29 is 19.4 Å². The Morgan fingerprint density at radius 2 is 1.53 bits per heavy atom. The highest BCUT2D eigenvalue weighted by Gasteiger charge is 2.29. The number of aromatic nitrogens is 2. The third-order valence-corrected chi connectivity index (χ3v) is 5.37. The predicted octanol–water partition coefficient (Wildman–Crippen LogP) is 4.15. The molecule has 8 nitrogen and oxygen atoms in total. The summed E-state index contributed by atoms with van der Waals surface area (Å²) in [5.74, 6) is -0.408. The Hall–Kier alpha value is -4.33. The summed E-state index contributed by atoms with van der Waals surface area (Å²) in [5.41, 5.74) is 15.9. The maximum absolute atomic E-state index is 12.3. The Kier molecular flexibility index (Phi) is 5.28. The van der Waals surface area contributed by atoms with Crippen molar-refractivity contribution >= 4 is 28.6 Å². The van der Waals surface area contributed by atoms with Crippen LogP contribution in [0.4, 0.5) is 11.8 Å². The van der Waals surface area contributed by atoms with Gasteiger partial charge < -0.3 is 26.0 Å². The van der Waals surface area contributed by atoms with Crippen LogP contribution in [0.1, 0.15) is 15.9 Å². The summed E-state index contributed by atoms with van der Waals surface area (Å²) in [4.78, 5) is 20.6. The number of carboxylic acids is 1. The highest BCUT2D eigenvalue weighted by molar-refractivity contribution is 6.04. The van der Waals surface area contributed by atoms with Gasteiger partial charge in [0.2, 0.25) is 5.95 Å². The number of hydrogen-bond donors (Lipinski definition) is 3. The first kappa shape index (κ1) is 20.9. The molecule has 0 fully saturated rings. The van der Waals surface area contributed by atoms with Crippen LogP contribution in [0.2, 0.25) is 0 Å². The van der Waals surface area contributed by atoms with Gasteiger partial charge in [0.25, 0.3) is 0 Å². The standard InChI is InChI=1S/C24H22N4O4/c1-12-17(13-7-5-4-6-8-13)20(31-2)19(23(29)30)21(32-3)18(12)14-9-10-16-15(11-14)22(25)28-24(26)27-16/h4-11H,1-3H3,(H,29,30)(H4,25,26,27,28). The molecule has 0 bridgehead atoms. The number of carboxylic acid groups (broad SMARTS) is 1. The van der Waals surface area contributed by atoms with Gasteiger partial charge in [-0.1, -0.05) is 36.4 Å². The summed E-state index contributed by atoms with van der Waals surface area (Å²) < 4.78 is 11.2. The zero-order valence-corrected chi connectivity index (χ0v) is 17.8. The number of hydrogen-bond acceptors (Lipinski definition) is 7. The lowest BCUT2D eigenvalue weighted by Gasteiger charge is -2.22. The first-order valence-electron chi connectivity index (χ1n) is 9.77. The van der Waals surface area contributed by atoms with Crippen LogP contribution in [0.25, 0.3) is 33.2 Å². The van der Waals surface area contributed by atoms with E-state index in [0.717, 1.165) is 11.1 Å². The van der Waals surface area contributed by atoms with E-state index in [9.17, 15) is 9.90 Å². The van der Waals surface area contributed by atoms with E-state index < -0.39 is 5.97 Å². The molecule has 1 heterocycles. The van der Waals surface area contributed by atoms with Gasteiger partial charge in [-0.3, -0.25) is 0 Å². The van der Waals surface area contributed by atoms with Crippen LogP contribution in [-0.4, -0.2) is 35.3 Å². The monoisotopic (exact) mass is 430 g/mol. The molecule has 1 aromatic heterocycles. The lowest BCUT2D eigenvalue weighted by molar-refractivity contribution is 0.0689. The van der Waals surface area contributed by atoms with Gasteiger partial charge in [0.15, 0.2) is 0 Å². The van der Waals surface area contributed by atoms with Gasteiger partial charge in [-0.25, -0.2) is 9.78 Å². The molecule has 0 radical (unpaired) electrons. The molecule has 0 amide bonds. The average molecular weight is 430 g/mol. The molecule has 0 aliphatic rings. The number of fused-ring (bicyclic) bond motifs is 1. The molecule has 0 saturated carbocycles. The number of ether oxygens (including phenoxy) is 2. The largest absolute Gasteiger partial charge is 0.495 e. The number of nitrogen functional groups attached to an aromatic ring is 2. The van der Waals surface area contributed by atoms with E-state index in [1.807, 2.05) is 49.4 Å². The van der Waals surface area contributed by atoms with Crippen molar-refractivity contribution in [1.29, 1.82) is 0 Å². The fraction of sp³-hybridized carbons (Fsp3) is 0.125. The molecule has 0 spiro atoms. The van der Waals surface area contributed by atoms with Crippen LogP contribution in [0.5, 0.6) is 11.5 Å². The van der Waals surface area contributed by atoms with E-state index in [2.05, 4.69) is 9.97 Å². The molecule has 0 aliphatic carbocycles. The van der Waals surface area contributed by atoms with Crippen molar-refractivity contribution in [3.63, 3.8) is 0 Å². The third kappa shape index (κ3) is 3.31. The SMILES string of the molecule is COc1c(C(=O)O)c(OC)c(-c2ccc3nc(N)nc(N)c3c2)c(C)c1-c1ccccc1. The zero-order chi connectivity index (χ0) is 23.0. The highest BCUT2D eigenvalue weighted by Crippen LogP contribution is 2.48. The summed E-state index contributed by atoms with van der Waals surface area (Å²) in [5, 5.41) is 10.7. The normalized spacial score (nSPS) is 10.8. The fourth-order valence-electron chi connectivity index (χ4n) is 4.05. The molecule has 0 atom stereocenters. The van der Waals surface area contributed by atoms with Gasteiger partial charge in [0, 0.05) is 16.5 Å². The van der Waals surface area contributed by atoms with Crippen molar-refractivity contribution in [2.75, 3.05) is 25.7 Å². The number of anilines is 2. The summed E-state index contributed by atoms with van der Waals surface area (Å²) in [6.45, 7) is 1.90. The number of carbonyl (C=O) groups is 1. The minimum absolute atomic E-state index is 0.0592. The number of methoxy groups -OCH3 is 2. The topological polar surface area (TPSA) is 134 Å². The van der Waals surface area contributed by atoms with Crippen LogP contribution in [0.15, 0.2) is 48.5 Å². The number of nitrogens with zero attached hydrogens (tertiary/aromatic N) is 2. The summed E-state index contributed by atoms with van der Waals surface area (Å²) in [6.07, 6.45) is 0. The van der Waals surface area contributed by atoms with Crippen molar-refractivity contribution in [1.82, 2.24) is 9.97 Å². The molecule has 162 valence electrons. The second-order valence-corrected chi connectivity index (χ2v) is 7.19. The fourth-order valence-corrected chi connectivity index (χ4v) is 4.05. The first-order valence-corrected chi connectivity index (χ1v) is 9.77. The number of benzene rings is 3. The van der Waals surface area contributed by atoms with Crippen LogP contribution in [0.3, 0.4) is 0 Å². The van der Waals surface area contributed by atoms with Crippen LogP contribution < -0.4 is 20.9 Å². The van der Waals surface area contributed by atoms with E-state index in [4.69, 9.17) is 20.9 Å². The Bertz CT molecular complexity index is 1350. The number of rotatable bonds is 5. The average Bonchev–Trinajstić information content (AvgIpc) is 2.78. The summed E-state index contributed by atoms with van der Waals surface area (Å²) in [7, 11) is 2.89. The molecule has 8 heteroatoms. The molecule has 0 saturated heterocycles. The Morgan fingerprint density at radius 3 is 2.12 bits per heavy atom. The van der Waals surface area contributed by atoms with Gasteiger partial charge >= 0.3 is 5.97 Å². The zero-order valence-electron chi connectivity index (χ0n) is 17.8. The van der Waals surface area contributed by atoms with Crippen LogP contribution in [0, 0.1) is 6.92 Å². The predicted molar refractivity (Wildman–Crippen MR) is 124 cm³/mol. The van der Waals surface area contributed by atoms with E-state index >= 15 is 0 Å². The Balaban J connectivity index is 2.14. The van der Waals surface area contributed by atoms with Gasteiger partial charge in [0.1, 0.15) is 22.9 Å². The van der Waals surface area contributed by atoms with Crippen molar-refractivity contribution in [2.24, 2.45) is 0 Å². The minimum atomic E-state index is -1.16. The van der Waals surface area contributed by atoms with E-state index in [-0.39, 0.29) is 28.8 Å². The lowest BCUT2D eigenvalue weighted by Crippen LogP contribution is -2.09. The van der Waals surface area contributed by atoms with Gasteiger partial charge in [-0.05, 0) is 35.7 Å². The number of nitrogens with two attached hydrogens (primary N) is 2. The first-order chi connectivity index (χ1) is 15.4. The number of aromatic carboxylic acids is 1.